The third-order valence-electron chi connectivity index (χ3n) is 6.99. The maximum absolute atomic E-state index is 4.92. The van der Waals surface area contributed by atoms with Gasteiger partial charge in [0.25, 0.3) is 0 Å². The summed E-state index contributed by atoms with van der Waals surface area (Å²) in [6.07, 6.45) is 3.73. The third kappa shape index (κ3) is 4.63. The van der Waals surface area contributed by atoms with Gasteiger partial charge in [-0.1, -0.05) is 109 Å². The van der Waals surface area contributed by atoms with Gasteiger partial charge in [0.2, 0.25) is 0 Å². The lowest BCUT2D eigenvalue weighted by Crippen LogP contribution is -2.00. The fourth-order valence-electron chi connectivity index (χ4n) is 5.01. The number of nitrogens with zero attached hydrogens (tertiary/aromatic N) is 4. The quantitative estimate of drug-likeness (QED) is 0.231. The van der Waals surface area contributed by atoms with E-state index in [0.29, 0.717) is 17.5 Å². The molecule has 0 bridgehead atoms. The molecule has 2 heterocycles. The van der Waals surface area contributed by atoms with Gasteiger partial charge in [-0.25, -0.2) is 15.0 Å². The number of hydrogen-bond acceptors (Lipinski definition) is 4. The van der Waals surface area contributed by atoms with Crippen LogP contribution in [-0.2, 0) is 0 Å². The van der Waals surface area contributed by atoms with E-state index in [9.17, 15) is 0 Å². The van der Waals surface area contributed by atoms with Gasteiger partial charge in [0.1, 0.15) is 0 Å². The molecular weight excluding hydrogens is 488 g/mol. The molecule has 0 N–H and O–H groups in total. The second kappa shape index (κ2) is 10.4. The fraction of sp³-hybridized carbons (Fsp3) is 0. The number of rotatable bonds is 5. The van der Waals surface area contributed by atoms with E-state index in [4.69, 9.17) is 15.0 Å². The van der Waals surface area contributed by atoms with Crippen LogP contribution in [0.15, 0.2) is 146 Å². The first kappa shape index (κ1) is 23.6. The predicted octanol–water partition coefficient (Wildman–Crippen LogP) is 8.75. The minimum atomic E-state index is 0.642. The molecule has 0 fully saturated rings. The summed E-state index contributed by atoms with van der Waals surface area (Å²) in [4.78, 5) is 19.0. The van der Waals surface area contributed by atoms with E-state index in [2.05, 4.69) is 71.7 Å². The van der Waals surface area contributed by atoms with Crippen LogP contribution in [0.2, 0.25) is 0 Å². The molecule has 2 aromatic heterocycles. The van der Waals surface area contributed by atoms with Crippen molar-refractivity contribution in [3.63, 3.8) is 0 Å². The summed E-state index contributed by atoms with van der Waals surface area (Å²) < 4.78 is 0. The molecule has 188 valence electrons. The Kier molecular flexibility index (Phi) is 6.11. The molecule has 0 saturated heterocycles. The van der Waals surface area contributed by atoms with Crippen LogP contribution in [0, 0.1) is 0 Å². The topological polar surface area (TPSA) is 51.6 Å². The summed E-state index contributed by atoms with van der Waals surface area (Å²) in [6, 6.07) is 45.6. The maximum atomic E-state index is 4.92. The summed E-state index contributed by atoms with van der Waals surface area (Å²) >= 11 is 0. The van der Waals surface area contributed by atoms with Gasteiger partial charge in [-0.15, -0.1) is 0 Å². The third-order valence-corrected chi connectivity index (χ3v) is 6.99. The summed E-state index contributed by atoms with van der Waals surface area (Å²) in [6.45, 7) is 0. The van der Waals surface area contributed by atoms with Gasteiger partial charge < -0.3 is 0 Å². The zero-order chi connectivity index (χ0) is 26.7. The van der Waals surface area contributed by atoms with E-state index in [-0.39, 0.29) is 0 Å². The Morgan fingerprint density at radius 1 is 0.375 bits per heavy atom. The Hall–Kier alpha value is -5.48. The molecule has 0 aliphatic heterocycles. The van der Waals surface area contributed by atoms with Crippen molar-refractivity contribution in [2.45, 2.75) is 0 Å². The Labute approximate surface area is 232 Å². The van der Waals surface area contributed by atoms with Crippen LogP contribution in [0.1, 0.15) is 0 Å². The number of fused-ring (bicyclic) bond motifs is 1. The highest BCUT2D eigenvalue weighted by molar-refractivity contribution is 6.00. The molecule has 0 saturated carbocycles. The number of pyridine rings is 1. The number of benzene rings is 5. The first-order chi connectivity index (χ1) is 19.8. The second-order valence-corrected chi connectivity index (χ2v) is 9.61. The summed E-state index contributed by atoms with van der Waals surface area (Å²) in [7, 11) is 0. The van der Waals surface area contributed by atoms with Crippen molar-refractivity contribution in [2.75, 3.05) is 0 Å². The average Bonchev–Trinajstić information content (AvgIpc) is 3.05. The van der Waals surface area contributed by atoms with Gasteiger partial charge in [-0.3, -0.25) is 4.98 Å². The van der Waals surface area contributed by atoms with Gasteiger partial charge in [-0.2, -0.15) is 0 Å². The monoisotopic (exact) mass is 512 g/mol. The SMILES string of the molecule is c1ccc(-c2nc(-c3ccccc3)nc(-c3cccc(-c4cc(-c5cccnc5)c5ccccc5c4)c3)n2)cc1. The van der Waals surface area contributed by atoms with Gasteiger partial charge >= 0.3 is 0 Å². The Bertz CT molecular complexity index is 1880. The van der Waals surface area contributed by atoms with Crippen LogP contribution >= 0.6 is 0 Å². The van der Waals surface area contributed by atoms with E-state index in [0.717, 1.165) is 38.9 Å². The molecule has 7 rings (SSSR count). The Morgan fingerprint density at radius 3 is 1.62 bits per heavy atom. The molecule has 7 aromatic rings. The first-order valence-electron chi connectivity index (χ1n) is 13.2. The van der Waals surface area contributed by atoms with Crippen molar-refractivity contribution in [1.82, 2.24) is 19.9 Å². The lowest BCUT2D eigenvalue weighted by molar-refractivity contribution is 1.07. The summed E-state index contributed by atoms with van der Waals surface area (Å²) in [5.74, 6) is 1.95. The molecule has 4 heteroatoms. The molecule has 0 amide bonds. The van der Waals surface area contributed by atoms with E-state index >= 15 is 0 Å². The van der Waals surface area contributed by atoms with Crippen LogP contribution in [0.4, 0.5) is 0 Å². The largest absolute Gasteiger partial charge is 0.264 e. The highest BCUT2D eigenvalue weighted by Gasteiger charge is 2.14. The van der Waals surface area contributed by atoms with Gasteiger partial charge in [-0.05, 0) is 51.7 Å². The Morgan fingerprint density at radius 2 is 0.950 bits per heavy atom. The number of hydrogen-bond donors (Lipinski definition) is 0. The van der Waals surface area contributed by atoms with Gasteiger partial charge in [0.15, 0.2) is 17.5 Å². The van der Waals surface area contributed by atoms with E-state index in [1.165, 1.54) is 10.8 Å². The van der Waals surface area contributed by atoms with Crippen molar-refractivity contribution in [1.29, 1.82) is 0 Å². The fourth-order valence-corrected chi connectivity index (χ4v) is 5.01. The van der Waals surface area contributed by atoms with Crippen molar-refractivity contribution in [2.24, 2.45) is 0 Å². The first-order valence-corrected chi connectivity index (χ1v) is 13.2. The zero-order valence-electron chi connectivity index (χ0n) is 21.6. The maximum Gasteiger partial charge on any atom is 0.164 e. The van der Waals surface area contributed by atoms with Gasteiger partial charge in [0, 0.05) is 34.6 Å². The van der Waals surface area contributed by atoms with Crippen molar-refractivity contribution >= 4 is 10.8 Å². The lowest BCUT2D eigenvalue weighted by Gasteiger charge is -2.12. The molecule has 0 atom stereocenters. The summed E-state index contributed by atoms with van der Waals surface area (Å²) in [5, 5.41) is 2.38. The summed E-state index contributed by atoms with van der Waals surface area (Å²) in [5.41, 5.74) is 7.31. The molecule has 0 radical (unpaired) electrons. The predicted molar refractivity (Wildman–Crippen MR) is 162 cm³/mol. The van der Waals surface area contributed by atoms with Crippen LogP contribution in [0.25, 0.3) is 67.2 Å². The zero-order valence-corrected chi connectivity index (χ0v) is 21.6. The van der Waals surface area contributed by atoms with E-state index in [1.54, 1.807) is 6.20 Å². The molecule has 0 spiro atoms. The van der Waals surface area contributed by atoms with Crippen molar-refractivity contribution < 1.29 is 0 Å². The number of aromatic nitrogens is 4. The van der Waals surface area contributed by atoms with Crippen molar-refractivity contribution in [3.8, 4) is 56.4 Å². The smallest absolute Gasteiger partial charge is 0.164 e. The van der Waals surface area contributed by atoms with Crippen LogP contribution in [-0.4, -0.2) is 19.9 Å². The molecule has 0 aliphatic carbocycles. The average molecular weight is 513 g/mol. The van der Waals surface area contributed by atoms with Gasteiger partial charge in [0.05, 0.1) is 0 Å². The lowest BCUT2D eigenvalue weighted by atomic mass is 9.93. The molecule has 0 aliphatic rings. The molecular formula is C36H24N4. The second-order valence-electron chi connectivity index (χ2n) is 9.61. The molecule has 0 unspecified atom stereocenters. The molecule has 5 aromatic carbocycles. The standard InChI is InChI=1S/C36H24N4/c1-3-11-25(12-4-1)34-38-35(26-13-5-2-6-14-26)40-36(39-34)29-17-9-16-27(21-29)31-22-28-15-7-8-19-32(28)33(23-31)30-18-10-20-37-24-30/h1-24H. The Balaban J connectivity index is 1.38. The highest BCUT2D eigenvalue weighted by Crippen LogP contribution is 2.35. The van der Waals surface area contributed by atoms with Crippen LogP contribution < -0.4 is 0 Å². The molecule has 4 nitrogen and oxygen atoms in total. The minimum Gasteiger partial charge on any atom is -0.264 e. The molecule has 40 heavy (non-hydrogen) atoms. The normalized spacial score (nSPS) is 11.0. The van der Waals surface area contributed by atoms with Crippen molar-refractivity contribution in [3.05, 3.63) is 146 Å². The van der Waals surface area contributed by atoms with E-state index < -0.39 is 0 Å². The minimum absolute atomic E-state index is 0.642. The van der Waals surface area contributed by atoms with E-state index in [1.807, 2.05) is 72.9 Å². The van der Waals surface area contributed by atoms with Crippen LogP contribution in [0.5, 0.6) is 0 Å². The van der Waals surface area contributed by atoms with Crippen LogP contribution in [0.3, 0.4) is 0 Å². The highest BCUT2D eigenvalue weighted by atomic mass is 15.0.